The first kappa shape index (κ1) is 15.0. The number of nitrogens with one attached hydrogen (secondary N) is 1. The summed E-state index contributed by atoms with van der Waals surface area (Å²) in [6.45, 7) is 0.823. The maximum atomic E-state index is 12.9. The fourth-order valence-electron chi connectivity index (χ4n) is 2.70. The molecule has 0 aliphatic heterocycles. The number of benzene rings is 1. The van der Waals surface area contributed by atoms with Crippen molar-refractivity contribution in [1.82, 2.24) is 10.3 Å². The Morgan fingerprint density at radius 2 is 2.14 bits per heavy atom. The van der Waals surface area contributed by atoms with Crippen LogP contribution in [0, 0.1) is 5.82 Å². The van der Waals surface area contributed by atoms with Crippen LogP contribution in [0.25, 0.3) is 10.6 Å². The molecule has 1 heterocycles. The average Bonchev–Trinajstić information content (AvgIpc) is 3.15. The van der Waals surface area contributed by atoms with Gasteiger partial charge in [-0.15, -0.1) is 11.3 Å². The van der Waals surface area contributed by atoms with Gasteiger partial charge in [0, 0.05) is 28.8 Å². The van der Waals surface area contributed by atoms with E-state index < -0.39 is 0 Å². The van der Waals surface area contributed by atoms with Gasteiger partial charge < -0.3 is 5.32 Å². The first-order valence-corrected chi connectivity index (χ1v) is 9.38. The summed E-state index contributed by atoms with van der Waals surface area (Å²) in [5.41, 5.74) is 2.06. The van der Waals surface area contributed by atoms with Crippen LogP contribution >= 0.6 is 23.1 Å². The van der Waals surface area contributed by atoms with Crippen LogP contribution in [0.5, 0.6) is 0 Å². The molecule has 2 aromatic rings. The fourth-order valence-corrected chi connectivity index (χ4v) is 4.32. The lowest BCUT2D eigenvalue weighted by Gasteiger charge is -2.11. The summed E-state index contributed by atoms with van der Waals surface area (Å²) in [6, 6.07) is 7.15. The molecule has 0 spiro atoms. The molecule has 2 nitrogen and oxygen atoms in total. The van der Waals surface area contributed by atoms with Crippen molar-refractivity contribution in [3.8, 4) is 10.6 Å². The normalized spacial score (nSPS) is 21.8. The van der Waals surface area contributed by atoms with Crippen molar-refractivity contribution in [2.75, 3.05) is 6.26 Å². The first-order chi connectivity index (χ1) is 10.2. The number of nitrogens with zero attached hydrogens (tertiary/aromatic N) is 1. The average molecular weight is 322 g/mol. The van der Waals surface area contributed by atoms with E-state index in [1.807, 2.05) is 11.8 Å². The van der Waals surface area contributed by atoms with E-state index in [0.29, 0.717) is 6.04 Å². The van der Waals surface area contributed by atoms with E-state index in [2.05, 4.69) is 21.9 Å². The summed E-state index contributed by atoms with van der Waals surface area (Å²) in [6.07, 6.45) is 6.04. The van der Waals surface area contributed by atoms with Crippen molar-refractivity contribution in [2.24, 2.45) is 0 Å². The van der Waals surface area contributed by atoms with Gasteiger partial charge in [0.25, 0.3) is 0 Å². The minimum Gasteiger partial charge on any atom is -0.308 e. The third-order valence-corrected chi connectivity index (χ3v) is 5.97. The Balaban J connectivity index is 1.57. The number of hydrogen-bond donors (Lipinski definition) is 1. The third kappa shape index (κ3) is 3.84. The summed E-state index contributed by atoms with van der Waals surface area (Å²) in [4.78, 5) is 4.64. The molecule has 21 heavy (non-hydrogen) atoms. The highest BCUT2D eigenvalue weighted by atomic mass is 32.2. The van der Waals surface area contributed by atoms with Crippen LogP contribution in [0.1, 0.15) is 25.0 Å². The van der Waals surface area contributed by atoms with Crippen molar-refractivity contribution in [1.29, 1.82) is 0 Å². The molecule has 112 valence electrons. The summed E-state index contributed by atoms with van der Waals surface area (Å²) in [5, 5.41) is 7.47. The molecular weight excluding hydrogens is 303 g/mol. The van der Waals surface area contributed by atoms with Crippen molar-refractivity contribution in [2.45, 2.75) is 37.1 Å². The Morgan fingerprint density at radius 3 is 2.86 bits per heavy atom. The standard InChI is InChI=1S/C16H19FN2S2/c1-20-15-7-6-13(8-15)18-9-14-10-21-16(19-14)11-2-4-12(17)5-3-11/h2-5,10,13,15,18H,6-9H2,1H3. The Bertz CT molecular complexity index is 582. The van der Waals surface area contributed by atoms with Gasteiger partial charge in [0.05, 0.1) is 5.69 Å². The van der Waals surface area contributed by atoms with Crippen LogP contribution < -0.4 is 5.32 Å². The van der Waals surface area contributed by atoms with Crippen LogP contribution in [-0.4, -0.2) is 22.5 Å². The Morgan fingerprint density at radius 1 is 1.33 bits per heavy atom. The van der Waals surface area contributed by atoms with Crippen LogP contribution in [0.15, 0.2) is 29.6 Å². The smallest absolute Gasteiger partial charge is 0.123 e. The molecule has 3 rings (SSSR count). The minimum absolute atomic E-state index is 0.207. The summed E-state index contributed by atoms with van der Waals surface area (Å²) < 4.78 is 12.9. The third-order valence-electron chi connectivity index (χ3n) is 3.93. The predicted octanol–water partition coefficient (Wildman–Crippen LogP) is 4.32. The van der Waals surface area contributed by atoms with Gasteiger partial charge in [-0.3, -0.25) is 0 Å². The summed E-state index contributed by atoms with van der Waals surface area (Å²) >= 11 is 3.59. The molecule has 1 N–H and O–H groups in total. The number of halogens is 1. The first-order valence-electron chi connectivity index (χ1n) is 7.21. The second-order valence-corrected chi connectivity index (χ2v) is 7.40. The van der Waals surface area contributed by atoms with Crippen molar-refractivity contribution in [3.63, 3.8) is 0 Å². The second kappa shape index (κ2) is 6.90. The molecule has 1 fully saturated rings. The fraction of sp³-hybridized carbons (Fsp3) is 0.438. The zero-order valence-corrected chi connectivity index (χ0v) is 13.6. The van der Waals surface area contributed by atoms with E-state index >= 15 is 0 Å². The maximum absolute atomic E-state index is 12.9. The molecule has 5 heteroatoms. The molecule has 2 unspecified atom stereocenters. The molecular formula is C16H19FN2S2. The predicted molar refractivity (Wildman–Crippen MR) is 89.3 cm³/mol. The monoisotopic (exact) mass is 322 g/mol. The minimum atomic E-state index is -0.207. The van der Waals surface area contributed by atoms with Crippen LogP contribution in [0.4, 0.5) is 4.39 Å². The van der Waals surface area contributed by atoms with E-state index in [1.54, 1.807) is 23.5 Å². The summed E-state index contributed by atoms with van der Waals surface area (Å²) in [7, 11) is 0. The topological polar surface area (TPSA) is 24.9 Å². The SMILES string of the molecule is CSC1CCC(NCc2csc(-c3ccc(F)cc3)n2)C1. The Kier molecular flexibility index (Phi) is 4.93. The number of thioether (sulfide) groups is 1. The molecule has 0 amide bonds. The van der Waals surface area contributed by atoms with E-state index in [0.717, 1.165) is 28.1 Å². The van der Waals surface area contributed by atoms with Gasteiger partial charge in [0.15, 0.2) is 0 Å². The molecule has 1 aromatic carbocycles. The Hall–Kier alpha value is -0.910. The highest BCUT2D eigenvalue weighted by molar-refractivity contribution is 7.99. The molecule has 1 aromatic heterocycles. The number of rotatable bonds is 5. The van der Waals surface area contributed by atoms with Gasteiger partial charge in [-0.1, -0.05) is 0 Å². The van der Waals surface area contributed by atoms with Crippen molar-refractivity contribution >= 4 is 23.1 Å². The van der Waals surface area contributed by atoms with Gasteiger partial charge in [0.1, 0.15) is 10.8 Å². The van der Waals surface area contributed by atoms with Gasteiger partial charge in [0.2, 0.25) is 0 Å². The van der Waals surface area contributed by atoms with E-state index in [-0.39, 0.29) is 5.82 Å². The molecule has 1 saturated carbocycles. The lowest BCUT2D eigenvalue weighted by atomic mass is 10.2. The number of aromatic nitrogens is 1. The zero-order valence-electron chi connectivity index (χ0n) is 12.0. The van der Waals surface area contributed by atoms with Crippen molar-refractivity contribution < 1.29 is 4.39 Å². The lowest BCUT2D eigenvalue weighted by Crippen LogP contribution is -2.26. The maximum Gasteiger partial charge on any atom is 0.123 e. The largest absolute Gasteiger partial charge is 0.308 e. The van der Waals surface area contributed by atoms with Gasteiger partial charge >= 0.3 is 0 Å². The molecule has 1 aliphatic rings. The summed E-state index contributed by atoms with van der Waals surface area (Å²) in [5.74, 6) is -0.207. The Labute approximate surface area is 133 Å². The van der Waals surface area contributed by atoms with Crippen LogP contribution in [0.3, 0.4) is 0 Å². The van der Waals surface area contributed by atoms with Crippen LogP contribution in [-0.2, 0) is 6.54 Å². The highest BCUT2D eigenvalue weighted by Crippen LogP contribution is 2.29. The number of thiazole rings is 1. The van der Waals surface area contributed by atoms with Gasteiger partial charge in [-0.25, -0.2) is 9.37 Å². The molecule has 0 saturated heterocycles. The molecule has 0 bridgehead atoms. The van der Waals surface area contributed by atoms with Crippen molar-refractivity contribution in [3.05, 3.63) is 41.2 Å². The van der Waals surface area contributed by atoms with E-state index in [1.165, 1.54) is 31.4 Å². The molecule has 1 aliphatic carbocycles. The van der Waals surface area contributed by atoms with Gasteiger partial charge in [-0.05, 0) is 49.8 Å². The quantitative estimate of drug-likeness (QED) is 0.887. The van der Waals surface area contributed by atoms with Gasteiger partial charge in [-0.2, -0.15) is 11.8 Å². The molecule has 2 atom stereocenters. The second-order valence-electron chi connectivity index (χ2n) is 5.40. The highest BCUT2D eigenvalue weighted by Gasteiger charge is 2.23. The van der Waals surface area contributed by atoms with E-state index in [9.17, 15) is 4.39 Å². The van der Waals surface area contributed by atoms with Crippen LogP contribution in [0.2, 0.25) is 0 Å². The van der Waals surface area contributed by atoms with E-state index in [4.69, 9.17) is 0 Å². The lowest BCUT2D eigenvalue weighted by molar-refractivity contribution is 0.521. The zero-order chi connectivity index (χ0) is 14.7. The molecule has 0 radical (unpaired) electrons. The number of hydrogen-bond acceptors (Lipinski definition) is 4.